The van der Waals surface area contributed by atoms with Gasteiger partial charge in [0, 0.05) is 60.8 Å². The van der Waals surface area contributed by atoms with Crippen molar-refractivity contribution in [2.45, 2.75) is 25.8 Å². The fourth-order valence-corrected chi connectivity index (χ4v) is 5.45. The molecule has 0 saturated carbocycles. The van der Waals surface area contributed by atoms with Gasteiger partial charge in [0.15, 0.2) is 5.65 Å². The molecule has 2 saturated heterocycles. The Bertz CT molecular complexity index is 1570. The molecule has 2 amide bonds. The van der Waals surface area contributed by atoms with E-state index in [4.69, 9.17) is 14.8 Å². The van der Waals surface area contributed by atoms with Crippen LogP contribution in [0, 0.1) is 6.92 Å². The summed E-state index contributed by atoms with van der Waals surface area (Å²) >= 11 is 0. The average molecular weight is 556 g/mol. The van der Waals surface area contributed by atoms with Crippen molar-refractivity contribution in [1.29, 1.82) is 0 Å². The van der Waals surface area contributed by atoms with Gasteiger partial charge < -0.3 is 25.2 Å². The summed E-state index contributed by atoms with van der Waals surface area (Å²) in [5, 5.41) is 18.4. The fraction of sp³-hybridized carbons (Fsp3) is 0.345. The summed E-state index contributed by atoms with van der Waals surface area (Å²) in [5.74, 6) is 1.15. The lowest BCUT2D eigenvalue weighted by Gasteiger charge is -2.33. The van der Waals surface area contributed by atoms with Crippen LogP contribution in [-0.2, 0) is 9.53 Å². The highest BCUT2D eigenvalue weighted by atomic mass is 16.5. The minimum Gasteiger partial charge on any atom is -0.378 e. The quantitative estimate of drug-likeness (QED) is 0.297. The van der Waals surface area contributed by atoms with E-state index in [0.717, 1.165) is 54.2 Å². The van der Waals surface area contributed by atoms with Crippen molar-refractivity contribution < 1.29 is 14.3 Å². The summed E-state index contributed by atoms with van der Waals surface area (Å²) in [4.78, 5) is 33.7. The highest BCUT2D eigenvalue weighted by molar-refractivity contribution is 5.99. The maximum absolute atomic E-state index is 13.3. The van der Waals surface area contributed by atoms with E-state index in [1.807, 2.05) is 28.6 Å². The molecule has 3 N–H and O–H groups in total. The molecular formula is C29H33N9O3. The van der Waals surface area contributed by atoms with E-state index in [0.29, 0.717) is 43.5 Å². The van der Waals surface area contributed by atoms with Gasteiger partial charge in [-0.1, -0.05) is 6.58 Å². The maximum Gasteiger partial charge on any atom is 0.253 e. The minimum atomic E-state index is -0.292. The summed E-state index contributed by atoms with van der Waals surface area (Å²) in [7, 11) is 0. The number of carbonyl (C=O) groups excluding carboxylic acids is 2. The number of hydrogen-bond acceptors (Lipinski definition) is 8. The SMILES string of the molecule is C=CC(=O)Nc1ccc(C(=O)N2CCCC(Nc3nc4ccc(-c5c[nH]nc5C)c(N5CCOCC5)n4n3)C2)cc1. The number of piperidine rings is 1. The number of rotatable bonds is 7. The smallest absolute Gasteiger partial charge is 0.253 e. The van der Waals surface area contributed by atoms with Crippen LogP contribution in [0.5, 0.6) is 0 Å². The van der Waals surface area contributed by atoms with E-state index >= 15 is 0 Å². The lowest BCUT2D eigenvalue weighted by atomic mass is 10.0. The van der Waals surface area contributed by atoms with Gasteiger partial charge in [0.05, 0.1) is 18.9 Å². The zero-order chi connectivity index (χ0) is 28.3. The van der Waals surface area contributed by atoms with Crippen LogP contribution in [0.25, 0.3) is 16.8 Å². The molecule has 6 rings (SSSR count). The molecule has 0 bridgehead atoms. The molecular weight excluding hydrogens is 522 g/mol. The van der Waals surface area contributed by atoms with E-state index in [1.165, 1.54) is 6.08 Å². The maximum atomic E-state index is 13.3. The molecule has 2 aliphatic rings. The molecule has 12 heteroatoms. The first-order valence-corrected chi connectivity index (χ1v) is 13.8. The van der Waals surface area contributed by atoms with E-state index in [1.54, 1.807) is 24.3 Å². The molecule has 0 spiro atoms. The lowest BCUT2D eigenvalue weighted by molar-refractivity contribution is -0.111. The van der Waals surface area contributed by atoms with Crippen molar-refractivity contribution in [3.63, 3.8) is 0 Å². The number of ether oxygens (including phenoxy) is 1. The fourth-order valence-electron chi connectivity index (χ4n) is 5.45. The van der Waals surface area contributed by atoms with Gasteiger partial charge in [0.25, 0.3) is 5.91 Å². The molecule has 5 heterocycles. The number of nitrogens with one attached hydrogen (secondary N) is 3. The molecule has 0 radical (unpaired) electrons. The van der Waals surface area contributed by atoms with Crippen molar-refractivity contribution in [1.82, 2.24) is 29.7 Å². The third kappa shape index (κ3) is 5.50. The number of fused-ring (bicyclic) bond motifs is 1. The van der Waals surface area contributed by atoms with Crippen molar-refractivity contribution in [3.05, 3.63) is 66.5 Å². The summed E-state index contributed by atoms with van der Waals surface area (Å²) in [6, 6.07) is 11.0. The summed E-state index contributed by atoms with van der Waals surface area (Å²) < 4.78 is 7.51. The topological polar surface area (TPSA) is 133 Å². The Morgan fingerprint density at radius 2 is 1.90 bits per heavy atom. The molecule has 1 unspecified atom stereocenters. The Hall–Kier alpha value is -4.71. The number of nitrogens with zero attached hydrogens (tertiary/aromatic N) is 6. The lowest BCUT2D eigenvalue weighted by Crippen LogP contribution is -2.45. The van der Waals surface area contributed by atoms with Crippen LogP contribution >= 0.6 is 0 Å². The number of aryl methyl sites for hydroxylation is 1. The predicted molar refractivity (Wildman–Crippen MR) is 156 cm³/mol. The Labute approximate surface area is 237 Å². The number of benzene rings is 1. The number of morpholine rings is 1. The monoisotopic (exact) mass is 555 g/mol. The molecule has 0 aliphatic carbocycles. The van der Waals surface area contributed by atoms with Crippen LogP contribution in [0.3, 0.4) is 0 Å². The Morgan fingerprint density at radius 3 is 2.63 bits per heavy atom. The first-order chi connectivity index (χ1) is 20.0. The van der Waals surface area contributed by atoms with Crippen molar-refractivity contribution in [3.8, 4) is 11.1 Å². The van der Waals surface area contributed by atoms with Gasteiger partial charge in [0.2, 0.25) is 11.9 Å². The third-order valence-electron chi connectivity index (χ3n) is 7.53. The van der Waals surface area contributed by atoms with Crippen molar-refractivity contribution in [2.75, 3.05) is 54.9 Å². The van der Waals surface area contributed by atoms with E-state index in [-0.39, 0.29) is 17.9 Å². The number of H-pyrrole nitrogens is 1. The average Bonchev–Trinajstić information content (AvgIpc) is 3.62. The van der Waals surface area contributed by atoms with E-state index in [9.17, 15) is 9.59 Å². The zero-order valence-corrected chi connectivity index (χ0v) is 23.0. The Morgan fingerprint density at radius 1 is 1.10 bits per heavy atom. The van der Waals surface area contributed by atoms with Crippen molar-refractivity contribution in [2.24, 2.45) is 0 Å². The normalized spacial score (nSPS) is 17.4. The van der Waals surface area contributed by atoms with E-state index < -0.39 is 0 Å². The Kier molecular flexibility index (Phi) is 7.38. The predicted octanol–water partition coefficient (Wildman–Crippen LogP) is 3.11. The number of aromatic nitrogens is 5. The minimum absolute atomic E-state index is 0.0127. The number of carbonyl (C=O) groups is 2. The molecule has 1 atom stereocenters. The molecule has 2 fully saturated rings. The highest BCUT2D eigenvalue weighted by Crippen LogP contribution is 2.33. The van der Waals surface area contributed by atoms with Crippen LogP contribution in [0.1, 0.15) is 28.9 Å². The van der Waals surface area contributed by atoms with Gasteiger partial charge >= 0.3 is 0 Å². The van der Waals surface area contributed by atoms with Gasteiger partial charge in [0.1, 0.15) is 5.82 Å². The summed E-state index contributed by atoms with van der Waals surface area (Å²) in [6.07, 6.45) is 4.89. The third-order valence-corrected chi connectivity index (χ3v) is 7.53. The van der Waals surface area contributed by atoms with Crippen LogP contribution < -0.4 is 15.5 Å². The van der Waals surface area contributed by atoms with Gasteiger partial charge in [-0.3, -0.25) is 14.7 Å². The Balaban J connectivity index is 1.21. The highest BCUT2D eigenvalue weighted by Gasteiger charge is 2.27. The number of aromatic amines is 1. The number of likely N-dealkylation sites (tertiary alicyclic amines) is 1. The van der Waals surface area contributed by atoms with Crippen LogP contribution in [0.2, 0.25) is 0 Å². The number of pyridine rings is 1. The zero-order valence-electron chi connectivity index (χ0n) is 23.0. The first kappa shape index (κ1) is 26.5. The van der Waals surface area contributed by atoms with E-state index in [2.05, 4.69) is 38.4 Å². The van der Waals surface area contributed by atoms with Crippen LogP contribution in [-0.4, -0.2) is 86.9 Å². The molecule has 4 aromatic rings. The second-order valence-electron chi connectivity index (χ2n) is 10.3. The van der Waals surface area contributed by atoms with Crippen molar-refractivity contribution >= 4 is 34.9 Å². The van der Waals surface area contributed by atoms with Gasteiger partial charge in [-0.05, 0) is 62.2 Å². The largest absolute Gasteiger partial charge is 0.378 e. The van der Waals surface area contributed by atoms with Crippen LogP contribution in [0.15, 0.2) is 55.3 Å². The van der Waals surface area contributed by atoms with Gasteiger partial charge in [-0.25, -0.2) is 0 Å². The summed E-state index contributed by atoms with van der Waals surface area (Å²) in [6.45, 7) is 9.48. The molecule has 41 heavy (non-hydrogen) atoms. The molecule has 3 aromatic heterocycles. The second kappa shape index (κ2) is 11.4. The first-order valence-electron chi connectivity index (χ1n) is 13.8. The second-order valence-corrected chi connectivity index (χ2v) is 10.3. The number of hydrogen-bond donors (Lipinski definition) is 3. The van der Waals surface area contributed by atoms with Crippen LogP contribution in [0.4, 0.5) is 17.5 Å². The molecule has 1 aromatic carbocycles. The molecule has 2 aliphatic heterocycles. The summed E-state index contributed by atoms with van der Waals surface area (Å²) in [5.41, 5.74) is 4.91. The molecule has 12 nitrogen and oxygen atoms in total. The number of amides is 2. The van der Waals surface area contributed by atoms with Gasteiger partial charge in [-0.15, -0.1) is 5.10 Å². The molecule has 212 valence electrons. The standard InChI is InChI=1S/C29H33N9O3/c1-3-26(39)31-21-8-6-20(7-9-21)28(40)37-12-4-5-22(18-37)32-29-33-25-11-10-23(24-17-30-34-19(24)2)27(38(25)35-29)36-13-15-41-16-14-36/h3,6-11,17,22H,1,4-5,12-16,18H2,2H3,(H,30,34)(H,31,39)(H,32,35). The number of anilines is 3. The van der Waals surface area contributed by atoms with Gasteiger partial charge in [-0.2, -0.15) is 14.6 Å².